The summed E-state index contributed by atoms with van der Waals surface area (Å²) in [5, 5.41) is 10.2. The quantitative estimate of drug-likeness (QED) is 0.639. The number of benzene rings is 2. The lowest BCUT2D eigenvalue weighted by Crippen LogP contribution is -2.01. The van der Waals surface area contributed by atoms with Gasteiger partial charge in [-0.05, 0) is 41.3 Å². The lowest BCUT2D eigenvalue weighted by molar-refractivity contribution is 0.204. The van der Waals surface area contributed by atoms with Gasteiger partial charge < -0.3 is 10.8 Å². The molecule has 20 heavy (non-hydrogen) atoms. The fourth-order valence-corrected chi connectivity index (χ4v) is 2.86. The van der Waals surface area contributed by atoms with Crippen LogP contribution in [-0.2, 0) is 0 Å². The average molecular weight is 287 g/mol. The van der Waals surface area contributed by atoms with Crippen molar-refractivity contribution >= 4 is 17.4 Å². The highest BCUT2D eigenvalue weighted by molar-refractivity contribution is 7.99. The first-order valence-electron chi connectivity index (χ1n) is 6.82. The number of anilines is 1. The minimum absolute atomic E-state index is 0.492. The van der Waals surface area contributed by atoms with Crippen LogP contribution < -0.4 is 5.73 Å². The minimum Gasteiger partial charge on any atom is -0.399 e. The van der Waals surface area contributed by atoms with Crippen molar-refractivity contribution in [1.29, 1.82) is 0 Å². The fourth-order valence-electron chi connectivity index (χ4n) is 1.99. The molecule has 2 aromatic rings. The molecule has 0 spiro atoms. The van der Waals surface area contributed by atoms with Gasteiger partial charge in [-0.2, -0.15) is 0 Å². The minimum atomic E-state index is -0.492. The standard InChI is InChI=1S/C17H21NOS/c1-12(2)13-6-8-16(9-7-13)20-11-17(19)14-4-3-5-15(18)10-14/h3-10,12,17,19H,11,18H2,1-2H3. The third kappa shape index (κ3) is 4.02. The maximum Gasteiger partial charge on any atom is 0.0884 e. The molecule has 1 atom stereocenters. The largest absolute Gasteiger partial charge is 0.399 e. The Morgan fingerprint density at radius 3 is 2.35 bits per heavy atom. The maximum atomic E-state index is 10.2. The molecule has 2 nitrogen and oxygen atoms in total. The molecule has 0 aromatic heterocycles. The monoisotopic (exact) mass is 287 g/mol. The highest BCUT2D eigenvalue weighted by atomic mass is 32.2. The van der Waals surface area contributed by atoms with Crippen molar-refractivity contribution in [3.05, 3.63) is 59.7 Å². The van der Waals surface area contributed by atoms with Gasteiger partial charge in [0.05, 0.1) is 6.10 Å². The first-order chi connectivity index (χ1) is 9.56. The lowest BCUT2D eigenvalue weighted by atomic mass is 10.0. The molecular formula is C17H21NOS. The predicted molar refractivity (Wildman–Crippen MR) is 87.1 cm³/mol. The molecule has 0 saturated carbocycles. The number of nitrogen functional groups attached to an aromatic ring is 1. The van der Waals surface area contributed by atoms with Crippen LogP contribution in [0.3, 0.4) is 0 Å². The van der Waals surface area contributed by atoms with Gasteiger partial charge in [-0.3, -0.25) is 0 Å². The number of aliphatic hydroxyl groups excluding tert-OH is 1. The molecule has 0 radical (unpaired) electrons. The lowest BCUT2D eigenvalue weighted by Gasteiger charge is -2.12. The van der Waals surface area contributed by atoms with Crippen molar-refractivity contribution in [2.45, 2.75) is 30.8 Å². The van der Waals surface area contributed by atoms with Gasteiger partial charge in [-0.15, -0.1) is 11.8 Å². The Kier molecular flexibility index (Phi) is 5.10. The summed E-state index contributed by atoms with van der Waals surface area (Å²) in [6.45, 7) is 4.37. The van der Waals surface area contributed by atoms with Crippen LogP contribution in [0.4, 0.5) is 5.69 Å². The Bertz CT molecular complexity index is 551. The molecule has 3 heteroatoms. The van der Waals surface area contributed by atoms with Gasteiger partial charge in [0.15, 0.2) is 0 Å². The molecule has 3 N–H and O–H groups in total. The summed E-state index contributed by atoms with van der Waals surface area (Å²) in [7, 11) is 0. The number of thioether (sulfide) groups is 1. The second-order valence-electron chi connectivity index (χ2n) is 5.22. The van der Waals surface area contributed by atoms with Gasteiger partial charge in [0.25, 0.3) is 0 Å². The normalized spacial score (nSPS) is 12.6. The molecule has 0 amide bonds. The Balaban J connectivity index is 1.94. The van der Waals surface area contributed by atoms with Crippen LogP contribution in [0.1, 0.15) is 37.0 Å². The summed E-state index contributed by atoms with van der Waals surface area (Å²) in [6, 6.07) is 16.0. The van der Waals surface area contributed by atoms with Crippen LogP contribution in [-0.4, -0.2) is 10.9 Å². The SMILES string of the molecule is CC(C)c1ccc(SCC(O)c2cccc(N)c2)cc1. The molecular weight excluding hydrogens is 266 g/mol. The van der Waals surface area contributed by atoms with E-state index >= 15 is 0 Å². The molecule has 0 bridgehead atoms. The summed E-state index contributed by atoms with van der Waals surface area (Å²) in [5.74, 6) is 1.18. The third-order valence-electron chi connectivity index (χ3n) is 3.25. The van der Waals surface area contributed by atoms with Gasteiger partial charge in [-0.1, -0.05) is 38.1 Å². The third-order valence-corrected chi connectivity index (χ3v) is 4.34. The summed E-state index contributed by atoms with van der Waals surface area (Å²) in [6.07, 6.45) is -0.492. The molecule has 0 aliphatic heterocycles. The van der Waals surface area contributed by atoms with Gasteiger partial charge in [-0.25, -0.2) is 0 Å². The van der Waals surface area contributed by atoms with E-state index in [1.165, 1.54) is 10.5 Å². The summed E-state index contributed by atoms with van der Waals surface area (Å²) >= 11 is 1.66. The molecule has 0 aliphatic carbocycles. The average Bonchev–Trinajstić information content (AvgIpc) is 2.45. The van der Waals surface area contributed by atoms with Gasteiger partial charge in [0.1, 0.15) is 0 Å². The Morgan fingerprint density at radius 2 is 1.75 bits per heavy atom. The van der Waals surface area contributed by atoms with Crippen molar-refractivity contribution in [2.75, 3.05) is 11.5 Å². The topological polar surface area (TPSA) is 46.2 Å². The van der Waals surface area contributed by atoms with Crippen LogP contribution in [0.25, 0.3) is 0 Å². The van der Waals surface area contributed by atoms with Gasteiger partial charge in [0.2, 0.25) is 0 Å². The van der Waals surface area contributed by atoms with E-state index in [-0.39, 0.29) is 0 Å². The summed E-state index contributed by atoms with van der Waals surface area (Å²) < 4.78 is 0. The van der Waals surface area contributed by atoms with E-state index in [0.717, 1.165) is 5.56 Å². The molecule has 106 valence electrons. The van der Waals surface area contributed by atoms with E-state index < -0.39 is 6.10 Å². The van der Waals surface area contributed by atoms with Crippen LogP contribution in [0.15, 0.2) is 53.4 Å². The molecule has 0 saturated heterocycles. The molecule has 2 rings (SSSR count). The zero-order valence-electron chi connectivity index (χ0n) is 11.9. The van der Waals surface area contributed by atoms with Crippen molar-refractivity contribution in [1.82, 2.24) is 0 Å². The zero-order valence-corrected chi connectivity index (χ0v) is 12.7. The van der Waals surface area contributed by atoms with Crippen LogP contribution in [0, 0.1) is 0 Å². The van der Waals surface area contributed by atoms with Crippen LogP contribution in [0.2, 0.25) is 0 Å². The number of nitrogens with two attached hydrogens (primary N) is 1. The molecule has 0 heterocycles. The first kappa shape index (κ1) is 14.9. The van der Waals surface area contributed by atoms with Crippen molar-refractivity contribution in [3.8, 4) is 0 Å². The van der Waals surface area contributed by atoms with Crippen molar-refractivity contribution < 1.29 is 5.11 Å². The Labute approximate surface area is 125 Å². The molecule has 0 fully saturated rings. The van der Waals surface area contributed by atoms with Crippen molar-refractivity contribution in [3.63, 3.8) is 0 Å². The zero-order chi connectivity index (χ0) is 14.5. The fraction of sp³-hybridized carbons (Fsp3) is 0.294. The van der Waals surface area contributed by atoms with E-state index in [4.69, 9.17) is 5.73 Å². The number of hydrogen-bond acceptors (Lipinski definition) is 3. The maximum absolute atomic E-state index is 10.2. The Hall–Kier alpha value is -1.45. The molecule has 2 aromatic carbocycles. The van der Waals surface area contributed by atoms with Crippen LogP contribution >= 0.6 is 11.8 Å². The van der Waals surface area contributed by atoms with E-state index in [1.807, 2.05) is 24.3 Å². The molecule has 1 unspecified atom stereocenters. The molecule has 0 aliphatic rings. The van der Waals surface area contributed by atoms with Crippen LogP contribution in [0.5, 0.6) is 0 Å². The van der Waals surface area contributed by atoms with E-state index in [9.17, 15) is 5.11 Å². The van der Waals surface area contributed by atoms with Gasteiger partial charge >= 0.3 is 0 Å². The van der Waals surface area contributed by atoms with E-state index in [0.29, 0.717) is 17.4 Å². The number of aliphatic hydroxyl groups is 1. The predicted octanol–water partition coefficient (Wildman–Crippen LogP) is 4.22. The second kappa shape index (κ2) is 6.82. The van der Waals surface area contributed by atoms with Gasteiger partial charge in [0, 0.05) is 16.3 Å². The van der Waals surface area contributed by atoms with Crippen molar-refractivity contribution in [2.24, 2.45) is 0 Å². The van der Waals surface area contributed by atoms with E-state index in [2.05, 4.69) is 38.1 Å². The number of hydrogen-bond donors (Lipinski definition) is 2. The highest BCUT2D eigenvalue weighted by Gasteiger charge is 2.08. The van der Waals surface area contributed by atoms with E-state index in [1.54, 1.807) is 11.8 Å². The summed E-state index contributed by atoms with van der Waals surface area (Å²) in [4.78, 5) is 1.18. The summed E-state index contributed by atoms with van der Waals surface area (Å²) in [5.41, 5.74) is 8.63. The Morgan fingerprint density at radius 1 is 1.05 bits per heavy atom. The second-order valence-corrected chi connectivity index (χ2v) is 6.31. The first-order valence-corrected chi connectivity index (χ1v) is 7.81. The number of rotatable bonds is 5. The highest BCUT2D eigenvalue weighted by Crippen LogP contribution is 2.26. The smallest absolute Gasteiger partial charge is 0.0884 e.